The second-order valence-electron chi connectivity index (χ2n) is 8.40. The third-order valence-electron chi connectivity index (χ3n) is 6.64. The van der Waals surface area contributed by atoms with Crippen LogP contribution in [0.3, 0.4) is 0 Å². The second-order valence-corrected chi connectivity index (χ2v) is 8.40. The third kappa shape index (κ3) is 3.74. The topological polar surface area (TPSA) is 83.0 Å². The maximum atomic E-state index is 12.9. The minimum absolute atomic E-state index is 0.00549. The summed E-state index contributed by atoms with van der Waals surface area (Å²) in [5.41, 5.74) is 3.53. The normalized spacial score (nSPS) is 21.9. The second kappa shape index (κ2) is 8.67. The van der Waals surface area contributed by atoms with E-state index in [0.717, 1.165) is 22.4 Å². The van der Waals surface area contributed by atoms with E-state index in [1.807, 2.05) is 36.4 Å². The van der Waals surface area contributed by atoms with Gasteiger partial charge in [0.1, 0.15) is 18.0 Å². The molecule has 0 saturated carbocycles. The number of methoxy groups -OCH3 is 1. The number of pyridine rings is 1. The van der Waals surface area contributed by atoms with Gasteiger partial charge in [0, 0.05) is 18.7 Å². The van der Waals surface area contributed by atoms with Gasteiger partial charge >= 0.3 is 0 Å². The van der Waals surface area contributed by atoms with Crippen LogP contribution in [0.1, 0.15) is 22.0 Å². The first-order chi connectivity index (χ1) is 16.1. The van der Waals surface area contributed by atoms with E-state index >= 15 is 0 Å². The van der Waals surface area contributed by atoms with Crippen LogP contribution < -0.4 is 4.74 Å². The smallest absolute Gasteiger partial charge is 0.272 e. The molecule has 3 heterocycles. The van der Waals surface area contributed by atoms with Gasteiger partial charge in [-0.3, -0.25) is 14.6 Å². The SMILES string of the molecule is COc1ccc(-c2ccc([C@H]3[C@@H](CO)N4C(=O)CN(C(=O)c5ccccn5)C[C@@H]34)cc2)cc1. The van der Waals surface area contributed by atoms with Crippen LogP contribution >= 0.6 is 0 Å². The molecule has 0 bridgehead atoms. The van der Waals surface area contributed by atoms with Gasteiger partial charge < -0.3 is 19.6 Å². The molecule has 5 rings (SSSR count). The Morgan fingerprint density at radius 3 is 2.36 bits per heavy atom. The molecule has 0 aliphatic carbocycles. The number of aliphatic hydroxyl groups excluding tert-OH is 1. The number of amides is 2. The fourth-order valence-electron chi connectivity index (χ4n) is 4.99. The first kappa shape index (κ1) is 21.2. The average Bonchev–Trinajstić information content (AvgIpc) is 2.86. The summed E-state index contributed by atoms with van der Waals surface area (Å²) < 4.78 is 5.23. The van der Waals surface area contributed by atoms with Crippen molar-refractivity contribution < 1.29 is 19.4 Å². The number of piperazine rings is 1. The molecule has 2 amide bonds. The fraction of sp³-hybridized carbons (Fsp3) is 0.269. The van der Waals surface area contributed by atoms with E-state index in [1.54, 1.807) is 41.3 Å². The molecule has 168 valence electrons. The summed E-state index contributed by atoms with van der Waals surface area (Å²) in [6, 6.07) is 20.8. The van der Waals surface area contributed by atoms with Gasteiger partial charge in [-0.05, 0) is 41.0 Å². The van der Waals surface area contributed by atoms with Gasteiger partial charge in [-0.15, -0.1) is 0 Å². The zero-order chi connectivity index (χ0) is 22.9. The number of carbonyl (C=O) groups excluding carboxylic acids is 2. The molecule has 2 fully saturated rings. The van der Waals surface area contributed by atoms with Gasteiger partial charge in [0.15, 0.2) is 0 Å². The van der Waals surface area contributed by atoms with Gasteiger partial charge in [0.2, 0.25) is 5.91 Å². The highest BCUT2D eigenvalue weighted by molar-refractivity contribution is 5.96. The molecule has 0 radical (unpaired) electrons. The molecule has 2 aromatic carbocycles. The van der Waals surface area contributed by atoms with Crippen LogP contribution in [0.5, 0.6) is 5.75 Å². The summed E-state index contributed by atoms with van der Waals surface area (Å²) in [5.74, 6) is 0.385. The number of nitrogens with zero attached hydrogens (tertiary/aromatic N) is 3. The lowest BCUT2D eigenvalue weighted by molar-refractivity contribution is -0.159. The molecule has 2 saturated heterocycles. The van der Waals surface area contributed by atoms with Crippen molar-refractivity contribution in [2.75, 3.05) is 26.8 Å². The predicted molar refractivity (Wildman–Crippen MR) is 123 cm³/mol. The van der Waals surface area contributed by atoms with Crippen molar-refractivity contribution in [2.24, 2.45) is 0 Å². The molecular weight excluding hydrogens is 418 g/mol. The molecule has 7 nitrogen and oxygen atoms in total. The van der Waals surface area contributed by atoms with E-state index in [4.69, 9.17) is 4.74 Å². The minimum atomic E-state index is -0.276. The Morgan fingerprint density at radius 1 is 1.06 bits per heavy atom. The quantitative estimate of drug-likeness (QED) is 0.655. The van der Waals surface area contributed by atoms with E-state index < -0.39 is 0 Å². The molecule has 0 spiro atoms. The highest BCUT2D eigenvalue weighted by Gasteiger charge is 2.54. The van der Waals surface area contributed by atoms with Crippen molar-refractivity contribution in [3.05, 3.63) is 84.2 Å². The standard InChI is InChI=1S/C26H25N3O4/c1-33-20-11-9-18(10-12-20)17-5-7-19(8-6-17)25-22-14-28(15-24(31)29(22)23(25)16-30)26(32)21-4-2-3-13-27-21/h2-13,22-23,25,30H,14-16H2,1H3/t22-,23+,25+/m0/s1. The van der Waals surface area contributed by atoms with Crippen LogP contribution in [0, 0.1) is 0 Å². The predicted octanol–water partition coefficient (Wildman–Crippen LogP) is 2.57. The number of benzene rings is 2. The Labute approximate surface area is 192 Å². The van der Waals surface area contributed by atoms with Gasteiger partial charge in [-0.25, -0.2) is 0 Å². The molecule has 1 N–H and O–H groups in total. The summed E-state index contributed by atoms with van der Waals surface area (Å²) >= 11 is 0. The number of hydrogen-bond acceptors (Lipinski definition) is 5. The molecule has 1 aromatic heterocycles. The molecule has 3 atom stereocenters. The first-order valence-electron chi connectivity index (χ1n) is 11.0. The van der Waals surface area contributed by atoms with E-state index in [0.29, 0.717) is 12.2 Å². The zero-order valence-electron chi connectivity index (χ0n) is 18.3. The van der Waals surface area contributed by atoms with E-state index in [-0.39, 0.29) is 43.0 Å². The monoisotopic (exact) mass is 443 g/mol. The van der Waals surface area contributed by atoms with Crippen molar-refractivity contribution in [2.45, 2.75) is 18.0 Å². The van der Waals surface area contributed by atoms with Gasteiger partial charge in [0.25, 0.3) is 5.91 Å². The lowest BCUT2D eigenvalue weighted by atomic mass is 9.73. The molecule has 7 heteroatoms. The van der Waals surface area contributed by atoms with Crippen LogP contribution in [0.25, 0.3) is 11.1 Å². The number of hydrogen-bond donors (Lipinski definition) is 1. The lowest BCUT2D eigenvalue weighted by Gasteiger charge is -2.58. The van der Waals surface area contributed by atoms with E-state index in [2.05, 4.69) is 17.1 Å². The first-order valence-corrected chi connectivity index (χ1v) is 11.0. The van der Waals surface area contributed by atoms with E-state index in [9.17, 15) is 14.7 Å². The van der Waals surface area contributed by atoms with Crippen LogP contribution in [-0.2, 0) is 4.79 Å². The van der Waals surface area contributed by atoms with Gasteiger partial charge in [0.05, 0.1) is 25.8 Å². The summed E-state index contributed by atoms with van der Waals surface area (Å²) in [5, 5.41) is 10.0. The van der Waals surface area contributed by atoms with Crippen LogP contribution in [-0.4, -0.2) is 70.6 Å². The number of carbonyl (C=O) groups is 2. The highest BCUT2D eigenvalue weighted by Crippen LogP contribution is 2.43. The molecule has 0 unspecified atom stereocenters. The maximum Gasteiger partial charge on any atom is 0.272 e. The lowest BCUT2D eigenvalue weighted by Crippen LogP contribution is -2.73. The summed E-state index contributed by atoms with van der Waals surface area (Å²) in [6.07, 6.45) is 1.57. The van der Waals surface area contributed by atoms with Crippen LogP contribution in [0.15, 0.2) is 72.9 Å². The van der Waals surface area contributed by atoms with Crippen molar-refractivity contribution in [3.63, 3.8) is 0 Å². The molecule has 2 aliphatic rings. The van der Waals surface area contributed by atoms with Crippen molar-refractivity contribution in [1.82, 2.24) is 14.8 Å². The van der Waals surface area contributed by atoms with Gasteiger partial charge in [-0.1, -0.05) is 42.5 Å². The Hall–Kier alpha value is -3.71. The molecular formula is C26H25N3O4. The average molecular weight is 444 g/mol. The Morgan fingerprint density at radius 2 is 1.76 bits per heavy atom. The maximum absolute atomic E-state index is 12.9. The minimum Gasteiger partial charge on any atom is -0.497 e. The Kier molecular flexibility index (Phi) is 5.56. The van der Waals surface area contributed by atoms with Crippen molar-refractivity contribution in [1.29, 1.82) is 0 Å². The summed E-state index contributed by atoms with van der Waals surface area (Å²) in [7, 11) is 1.64. The Balaban J connectivity index is 1.37. The van der Waals surface area contributed by atoms with Gasteiger partial charge in [-0.2, -0.15) is 0 Å². The fourth-order valence-corrected chi connectivity index (χ4v) is 4.99. The van der Waals surface area contributed by atoms with Crippen LogP contribution in [0.4, 0.5) is 0 Å². The number of ether oxygens (including phenoxy) is 1. The van der Waals surface area contributed by atoms with E-state index in [1.165, 1.54) is 0 Å². The summed E-state index contributed by atoms with van der Waals surface area (Å²) in [6.45, 7) is 0.315. The molecule has 3 aromatic rings. The largest absolute Gasteiger partial charge is 0.497 e. The highest BCUT2D eigenvalue weighted by atomic mass is 16.5. The molecule has 33 heavy (non-hydrogen) atoms. The van der Waals surface area contributed by atoms with Crippen LogP contribution in [0.2, 0.25) is 0 Å². The number of aromatic nitrogens is 1. The number of rotatable bonds is 5. The third-order valence-corrected chi connectivity index (χ3v) is 6.64. The number of fused-ring (bicyclic) bond motifs is 1. The Bertz CT molecular complexity index is 1150. The molecule has 2 aliphatic heterocycles. The summed E-state index contributed by atoms with van der Waals surface area (Å²) in [4.78, 5) is 33.2. The van der Waals surface area contributed by atoms with Crippen molar-refractivity contribution >= 4 is 11.8 Å². The number of aliphatic hydroxyl groups is 1. The zero-order valence-corrected chi connectivity index (χ0v) is 18.3. The van der Waals surface area contributed by atoms with Crippen molar-refractivity contribution in [3.8, 4) is 16.9 Å².